The van der Waals surface area contributed by atoms with Crippen molar-refractivity contribution in [2.75, 3.05) is 6.54 Å². The minimum absolute atomic E-state index is 0.174. The van der Waals surface area contributed by atoms with Gasteiger partial charge in [-0.1, -0.05) is 36.8 Å². The Morgan fingerprint density at radius 1 is 0.933 bits per heavy atom. The van der Waals surface area contributed by atoms with Gasteiger partial charge in [0.25, 0.3) is 0 Å². The van der Waals surface area contributed by atoms with Crippen LogP contribution in [0.5, 0.6) is 0 Å². The van der Waals surface area contributed by atoms with Crippen molar-refractivity contribution < 1.29 is 36.2 Å². The predicted molar refractivity (Wildman–Crippen MR) is 96.7 cm³/mol. The second-order valence-corrected chi connectivity index (χ2v) is 7.19. The van der Waals surface area contributed by atoms with E-state index in [0.717, 1.165) is 30.3 Å². The van der Waals surface area contributed by atoms with Gasteiger partial charge in [0.05, 0.1) is 17.2 Å². The summed E-state index contributed by atoms with van der Waals surface area (Å²) in [5.41, 5.74) is -1.88. The van der Waals surface area contributed by atoms with E-state index < -0.39 is 41.5 Å². The van der Waals surface area contributed by atoms with Crippen LogP contribution in [0.4, 0.5) is 26.3 Å². The topological polar surface area (TPSA) is 40.5 Å². The van der Waals surface area contributed by atoms with E-state index in [9.17, 15) is 36.2 Å². The van der Waals surface area contributed by atoms with E-state index in [1.54, 1.807) is 0 Å². The van der Waals surface area contributed by atoms with E-state index in [1.165, 1.54) is 23.1 Å². The van der Waals surface area contributed by atoms with E-state index in [1.807, 2.05) is 0 Å². The molecule has 2 aromatic carbocycles. The fourth-order valence-electron chi connectivity index (χ4n) is 3.93. The molecule has 1 aliphatic heterocycles. The predicted octanol–water partition coefficient (Wildman–Crippen LogP) is 5.75. The molecule has 2 atom stereocenters. The highest BCUT2D eigenvalue weighted by molar-refractivity contribution is 5.73. The Morgan fingerprint density at radius 2 is 1.57 bits per heavy atom. The van der Waals surface area contributed by atoms with Crippen LogP contribution in [0, 0.1) is 0 Å². The number of alkyl halides is 6. The van der Waals surface area contributed by atoms with Crippen molar-refractivity contribution in [1.29, 1.82) is 0 Å². The molecule has 0 amide bonds. The van der Waals surface area contributed by atoms with Crippen molar-refractivity contribution in [3.63, 3.8) is 0 Å². The van der Waals surface area contributed by atoms with Gasteiger partial charge in [0.1, 0.15) is 6.04 Å². The lowest BCUT2D eigenvalue weighted by Crippen LogP contribution is -2.47. The number of nitrogens with zero attached hydrogens (tertiary/aromatic N) is 1. The number of aliphatic carboxylic acids is 1. The third-order valence-corrected chi connectivity index (χ3v) is 5.28. The number of piperidine rings is 1. The van der Waals surface area contributed by atoms with Gasteiger partial charge in [-0.05, 0) is 48.7 Å². The molecule has 1 N–H and O–H groups in total. The van der Waals surface area contributed by atoms with Crippen LogP contribution < -0.4 is 0 Å². The number of carboxylic acid groups (broad SMARTS) is 1. The number of carboxylic acids is 1. The largest absolute Gasteiger partial charge is 0.480 e. The van der Waals surface area contributed by atoms with Crippen molar-refractivity contribution in [3.8, 4) is 0 Å². The molecule has 1 aliphatic rings. The van der Waals surface area contributed by atoms with Crippen LogP contribution in [0.2, 0.25) is 0 Å². The Kier molecular flexibility index (Phi) is 6.12. The average Bonchev–Trinajstić information content (AvgIpc) is 2.68. The summed E-state index contributed by atoms with van der Waals surface area (Å²) in [4.78, 5) is 13.2. The average molecular weight is 431 g/mol. The lowest BCUT2D eigenvalue weighted by Gasteiger charge is -2.40. The van der Waals surface area contributed by atoms with Crippen molar-refractivity contribution in [2.24, 2.45) is 0 Å². The molecule has 3 nitrogen and oxygen atoms in total. The number of rotatable bonds is 4. The summed E-state index contributed by atoms with van der Waals surface area (Å²) >= 11 is 0. The fourth-order valence-corrected chi connectivity index (χ4v) is 3.93. The van der Waals surface area contributed by atoms with E-state index in [4.69, 9.17) is 0 Å². The fraction of sp³-hybridized carbons (Fsp3) is 0.381. The summed E-state index contributed by atoms with van der Waals surface area (Å²) < 4.78 is 79.9. The summed E-state index contributed by atoms with van der Waals surface area (Å²) in [6.45, 7) is 0.217. The SMILES string of the molecule is O=C(O)C1CCCCN1C(c1ccc(C(F)(F)F)cc1)c1ccccc1C(F)(F)F. The Morgan fingerprint density at radius 3 is 2.13 bits per heavy atom. The molecule has 0 aromatic heterocycles. The smallest absolute Gasteiger partial charge is 0.416 e. The molecule has 3 rings (SSSR count). The number of benzene rings is 2. The quantitative estimate of drug-likeness (QED) is 0.627. The first-order valence-electron chi connectivity index (χ1n) is 9.32. The molecule has 30 heavy (non-hydrogen) atoms. The maximum absolute atomic E-state index is 13.7. The third-order valence-electron chi connectivity index (χ3n) is 5.28. The third kappa shape index (κ3) is 4.61. The van der Waals surface area contributed by atoms with Gasteiger partial charge >= 0.3 is 18.3 Å². The monoisotopic (exact) mass is 431 g/mol. The second kappa shape index (κ2) is 8.29. The van der Waals surface area contributed by atoms with Gasteiger partial charge in [-0.25, -0.2) is 0 Å². The molecular formula is C21H19F6NO2. The van der Waals surface area contributed by atoms with E-state index >= 15 is 0 Å². The molecule has 162 valence electrons. The highest BCUT2D eigenvalue weighted by atomic mass is 19.4. The lowest BCUT2D eigenvalue weighted by atomic mass is 9.88. The second-order valence-electron chi connectivity index (χ2n) is 7.19. The highest BCUT2D eigenvalue weighted by Crippen LogP contribution is 2.41. The van der Waals surface area contributed by atoms with Crippen LogP contribution in [0.1, 0.15) is 47.6 Å². The normalized spacial score (nSPS) is 19.5. The van der Waals surface area contributed by atoms with Crippen molar-refractivity contribution in [1.82, 2.24) is 4.90 Å². The molecule has 0 radical (unpaired) electrons. The Hall–Kier alpha value is -2.55. The molecule has 2 unspecified atom stereocenters. The van der Waals surface area contributed by atoms with Gasteiger partial charge in [-0.3, -0.25) is 9.69 Å². The summed E-state index contributed by atoms with van der Waals surface area (Å²) in [7, 11) is 0. The zero-order valence-electron chi connectivity index (χ0n) is 15.7. The zero-order valence-corrected chi connectivity index (χ0v) is 15.7. The van der Waals surface area contributed by atoms with Crippen LogP contribution in [0.3, 0.4) is 0 Å². The minimum Gasteiger partial charge on any atom is -0.480 e. The van der Waals surface area contributed by atoms with Crippen molar-refractivity contribution in [2.45, 2.75) is 43.7 Å². The first-order valence-corrected chi connectivity index (χ1v) is 9.32. The molecule has 0 saturated carbocycles. The van der Waals surface area contributed by atoms with Crippen LogP contribution in [-0.2, 0) is 17.1 Å². The van der Waals surface area contributed by atoms with Crippen LogP contribution in [0.25, 0.3) is 0 Å². The standard InChI is InChI=1S/C21H19F6NO2/c22-20(23,24)14-10-8-13(9-11-14)18(28-12-4-3-7-17(28)19(29)30)15-5-1-2-6-16(15)21(25,26)27/h1-2,5-6,8-11,17-18H,3-4,7,12H2,(H,29,30). The van der Waals surface area contributed by atoms with Crippen LogP contribution in [-0.4, -0.2) is 28.6 Å². The van der Waals surface area contributed by atoms with E-state index in [2.05, 4.69) is 0 Å². The molecule has 1 heterocycles. The lowest BCUT2D eigenvalue weighted by molar-refractivity contribution is -0.145. The molecular weight excluding hydrogens is 412 g/mol. The van der Waals surface area contributed by atoms with Gasteiger partial charge in [0, 0.05) is 0 Å². The number of halogens is 6. The Balaban J connectivity index is 2.17. The van der Waals surface area contributed by atoms with Crippen molar-refractivity contribution >= 4 is 5.97 Å². The number of carbonyl (C=O) groups is 1. The maximum Gasteiger partial charge on any atom is 0.416 e. The molecule has 9 heteroatoms. The molecule has 0 bridgehead atoms. The van der Waals surface area contributed by atoms with Gasteiger partial charge in [0.2, 0.25) is 0 Å². The van der Waals surface area contributed by atoms with Crippen LogP contribution >= 0.6 is 0 Å². The minimum atomic E-state index is -4.70. The molecule has 1 saturated heterocycles. The summed E-state index contributed by atoms with van der Waals surface area (Å²) in [6.07, 6.45) is -7.86. The van der Waals surface area contributed by atoms with Gasteiger partial charge in [-0.15, -0.1) is 0 Å². The summed E-state index contributed by atoms with van der Waals surface area (Å²) in [5, 5.41) is 9.62. The first-order chi connectivity index (χ1) is 14.0. The zero-order chi connectivity index (χ0) is 22.1. The number of likely N-dealkylation sites (tertiary alicyclic amines) is 1. The highest BCUT2D eigenvalue weighted by Gasteiger charge is 2.41. The molecule has 2 aromatic rings. The van der Waals surface area contributed by atoms with E-state index in [-0.39, 0.29) is 24.1 Å². The number of hydrogen-bond donors (Lipinski definition) is 1. The summed E-state index contributed by atoms with van der Waals surface area (Å²) in [5.74, 6) is -1.17. The number of hydrogen-bond acceptors (Lipinski definition) is 2. The van der Waals surface area contributed by atoms with Gasteiger partial charge in [-0.2, -0.15) is 26.3 Å². The van der Waals surface area contributed by atoms with Gasteiger partial charge < -0.3 is 5.11 Å². The molecule has 1 fully saturated rings. The molecule has 0 spiro atoms. The van der Waals surface area contributed by atoms with E-state index in [0.29, 0.717) is 12.8 Å². The van der Waals surface area contributed by atoms with Crippen molar-refractivity contribution in [3.05, 3.63) is 70.8 Å². The Labute approximate surface area is 168 Å². The Bertz CT molecular complexity index is 892. The maximum atomic E-state index is 13.7. The molecule has 0 aliphatic carbocycles. The van der Waals surface area contributed by atoms with Gasteiger partial charge in [0.15, 0.2) is 0 Å². The summed E-state index contributed by atoms with van der Waals surface area (Å²) in [6, 6.07) is 6.44. The first kappa shape index (κ1) is 22.1. The van der Waals surface area contributed by atoms with Crippen LogP contribution in [0.15, 0.2) is 48.5 Å².